The molecule has 4 nitrogen and oxygen atoms in total. The molecule has 2 N–H and O–H groups in total. The van der Waals surface area contributed by atoms with Crippen LogP contribution in [0.4, 0.5) is 5.69 Å². The maximum absolute atomic E-state index is 5.70. The van der Waals surface area contributed by atoms with Gasteiger partial charge in [-0.25, -0.2) is 9.67 Å². The van der Waals surface area contributed by atoms with Crippen molar-refractivity contribution in [2.45, 2.75) is 6.92 Å². The predicted molar refractivity (Wildman–Crippen MR) is 68.0 cm³/mol. The Morgan fingerprint density at radius 2 is 2.06 bits per heavy atom. The average molecular weight is 224 g/mol. The van der Waals surface area contributed by atoms with Crippen molar-refractivity contribution in [2.24, 2.45) is 0 Å². The van der Waals surface area contributed by atoms with Crippen molar-refractivity contribution in [1.82, 2.24) is 14.8 Å². The van der Waals surface area contributed by atoms with Gasteiger partial charge in [-0.05, 0) is 30.7 Å². The van der Waals surface area contributed by atoms with Crippen LogP contribution in [0.5, 0.6) is 0 Å². The lowest BCUT2D eigenvalue weighted by Crippen LogP contribution is -1.98. The van der Waals surface area contributed by atoms with Crippen LogP contribution in [-0.4, -0.2) is 14.8 Å². The van der Waals surface area contributed by atoms with E-state index in [-0.39, 0.29) is 0 Å². The van der Waals surface area contributed by atoms with Crippen molar-refractivity contribution >= 4 is 16.7 Å². The van der Waals surface area contributed by atoms with Crippen molar-refractivity contribution in [3.05, 3.63) is 48.3 Å². The quantitative estimate of drug-likeness (QED) is 0.690. The van der Waals surface area contributed by atoms with E-state index in [9.17, 15) is 0 Å². The smallest absolute Gasteiger partial charge is 0.163 e. The highest BCUT2D eigenvalue weighted by molar-refractivity contribution is 5.79. The van der Waals surface area contributed by atoms with Gasteiger partial charge in [-0.2, -0.15) is 5.10 Å². The number of hydrogen-bond donors (Lipinski definition) is 1. The molecule has 0 saturated carbocycles. The standard InChI is InChI=1S/C13H12N4/c1-9-3-2-4-12(5-9)17-13-10(7-16-17)6-11(14)8-15-13/h2-8H,14H2,1H3. The molecule has 0 bridgehead atoms. The summed E-state index contributed by atoms with van der Waals surface area (Å²) in [4.78, 5) is 4.32. The van der Waals surface area contributed by atoms with Gasteiger partial charge in [0.2, 0.25) is 0 Å². The molecule has 0 atom stereocenters. The van der Waals surface area contributed by atoms with Crippen LogP contribution in [0.1, 0.15) is 5.56 Å². The Balaban J connectivity index is 2.24. The van der Waals surface area contributed by atoms with Gasteiger partial charge in [0.1, 0.15) is 0 Å². The van der Waals surface area contributed by atoms with E-state index in [0.29, 0.717) is 5.69 Å². The van der Waals surface area contributed by atoms with Gasteiger partial charge in [0.25, 0.3) is 0 Å². The topological polar surface area (TPSA) is 56.7 Å². The average Bonchev–Trinajstić information content (AvgIpc) is 2.71. The van der Waals surface area contributed by atoms with E-state index in [0.717, 1.165) is 16.7 Å². The number of pyridine rings is 1. The third kappa shape index (κ3) is 1.63. The molecule has 3 aromatic rings. The highest BCUT2D eigenvalue weighted by Crippen LogP contribution is 2.18. The Bertz CT molecular complexity index is 685. The molecule has 4 heteroatoms. The van der Waals surface area contributed by atoms with Gasteiger partial charge in [-0.1, -0.05) is 12.1 Å². The molecule has 3 rings (SSSR count). The minimum Gasteiger partial charge on any atom is -0.397 e. The summed E-state index contributed by atoms with van der Waals surface area (Å²) in [6.45, 7) is 2.06. The third-order valence-electron chi connectivity index (χ3n) is 2.68. The zero-order valence-electron chi connectivity index (χ0n) is 9.46. The maximum atomic E-state index is 5.70. The molecule has 1 aromatic carbocycles. The fourth-order valence-electron chi connectivity index (χ4n) is 1.89. The zero-order chi connectivity index (χ0) is 11.8. The van der Waals surface area contributed by atoms with Gasteiger partial charge < -0.3 is 5.73 Å². The Labute approximate surface area is 98.7 Å². The molecule has 0 amide bonds. The number of nitrogen functional groups attached to an aromatic ring is 1. The molecule has 0 aliphatic carbocycles. The fraction of sp³-hybridized carbons (Fsp3) is 0.0769. The van der Waals surface area contributed by atoms with E-state index in [4.69, 9.17) is 5.73 Å². The Hall–Kier alpha value is -2.36. The molecule has 2 heterocycles. The molecule has 17 heavy (non-hydrogen) atoms. The lowest BCUT2D eigenvalue weighted by Gasteiger charge is -2.03. The van der Waals surface area contributed by atoms with Crippen LogP contribution in [0.25, 0.3) is 16.7 Å². The number of fused-ring (bicyclic) bond motifs is 1. The summed E-state index contributed by atoms with van der Waals surface area (Å²) in [5.41, 5.74) is 9.38. The summed E-state index contributed by atoms with van der Waals surface area (Å²) in [5.74, 6) is 0. The fourth-order valence-corrected chi connectivity index (χ4v) is 1.89. The zero-order valence-corrected chi connectivity index (χ0v) is 9.46. The number of nitrogens with two attached hydrogens (primary N) is 1. The molecule has 0 aliphatic rings. The number of benzene rings is 1. The summed E-state index contributed by atoms with van der Waals surface area (Å²) in [6, 6.07) is 10.0. The van der Waals surface area contributed by atoms with E-state index in [1.54, 1.807) is 12.4 Å². The predicted octanol–water partition coefficient (Wildman–Crippen LogP) is 2.31. The number of nitrogens with zero attached hydrogens (tertiary/aromatic N) is 3. The van der Waals surface area contributed by atoms with E-state index in [1.807, 2.05) is 22.9 Å². The minimum atomic E-state index is 0.654. The highest BCUT2D eigenvalue weighted by Gasteiger charge is 2.06. The number of anilines is 1. The third-order valence-corrected chi connectivity index (χ3v) is 2.68. The summed E-state index contributed by atoms with van der Waals surface area (Å²) in [6.07, 6.45) is 3.43. The molecule has 84 valence electrons. The van der Waals surface area contributed by atoms with Gasteiger partial charge in [-0.15, -0.1) is 0 Å². The van der Waals surface area contributed by atoms with Crippen molar-refractivity contribution in [2.75, 3.05) is 5.73 Å². The molecule has 0 spiro atoms. The minimum absolute atomic E-state index is 0.654. The van der Waals surface area contributed by atoms with Gasteiger partial charge >= 0.3 is 0 Å². The lowest BCUT2D eigenvalue weighted by atomic mass is 10.2. The Kier molecular flexibility index (Phi) is 2.08. The summed E-state index contributed by atoms with van der Waals surface area (Å²) in [5, 5.41) is 5.30. The normalized spacial score (nSPS) is 10.9. The lowest BCUT2D eigenvalue weighted by molar-refractivity contribution is 0.896. The molecule has 0 radical (unpaired) electrons. The first kappa shape index (κ1) is 9.84. The number of aromatic nitrogens is 3. The number of rotatable bonds is 1. The Morgan fingerprint density at radius 3 is 2.88 bits per heavy atom. The molecule has 0 aliphatic heterocycles. The van der Waals surface area contributed by atoms with Crippen LogP contribution in [0.3, 0.4) is 0 Å². The second-order valence-corrected chi connectivity index (χ2v) is 4.08. The van der Waals surface area contributed by atoms with E-state index in [2.05, 4.69) is 29.1 Å². The van der Waals surface area contributed by atoms with Gasteiger partial charge in [0.05, 0.1) is 23.8 Å². The van der Waals surface area contributed by atoms with Crippen molar-refractivity contribution < 1.29 is 0 Å². The van der Waals surface area contributed by atoms with Crippen molar-refractivity contribution in [3.63, 3.8) is 0 Å². The van der Waals surface area contributed by atoms with Crippen LogP contribution in [0.2, 0.25) is 0 Å². The largest absolute Gasteiger partial charge is 0.397 e. The number of aryl methyl sites for hydroxylation is 1. The second-order valence-electron chi connectivity index (χ2n) is 4.08. The van der Waals surface area contributed by atoms with Gasteiger partial charge in [0.15, 0.2) is 5.65 Å². The first-order chi connectivity index (χ1) is 8.24. The van der Waals surface area contributed by atoms with Gasteiger partial charge in [-0.3, -0.25) is 0 Å². The Morgan fingerprint density at radius 1 is 1.18 bits per heavy atom. The van der Waals surface area contributed by atoms with E-state index >= 15 is 0 Å². The monoisotopic (exact) mass is 224 g/mol. The highest BCUT2D eigenvalue weighted by atomic mass is 15.3. The SMILES string of the molecule is Cc1cccc(-n2ncc3cc(N)cnc32)c1. The van der Waals surface area contributed by atoms with Crippen LogP contribution < -0.4 is 5.73 Å². The first-order valence-corrected chi connectivity index (χ1v) is 5.40. The molecule has 2 aromatic heterocycles. The van der Waals surface area contributed by atoms with Crippen LogP contribution in [-0.2, 0) is 0 Å². The summed E-state index contributed by atoms with van der Waals surface area (Å²) in [7, 11) is 0. The first-order valence-electron chi connectivity index (χ1n) is 5.40. The molecular formula is C13H12N4. The molecule has 0 unspecified atom stereocenters. The van der Waals surface area contributed by atoms with Crippen molar-refractivity contribution in [3.8, 4) is 5.69 Å². The molecule has 0 fully saturated rings. The van der Waals surface area contributed by atoms with Crippen LogP contribution in [0.15, 0.2) is 42.7 Å². The van der Waals surface area contributed by atoms with Crippen LogP contribution >= 0.6 is 0 Å². The summed E-state index contributed by atoms with van der Waals surface area (Å²) >= 11 is 0. The summed E-state index contributed by atoms with van der Waals surface area (Å²) < 4.78 is 1.82. The second kappa shape index (κ2) is 3.59. The maximum Gasteiger partial charge on any atom is 0.163 e. The van der Waals surface area contributed by atoms with Gasteiger partial charge in [0, 0.05) is 5.39 Å². The van der Waals surface area contributed by atoms with Crippen molar-refractivity contribution in [1.29, 1.82) is 0 Å². The van der Waals surface area contributed by atoms with E-state index in [1.165, 1.54) is 5.56 Å². The molecule has 0 saturated heterocycles. The van der Waals surface area contributed by atoms with E-state index < -0.39 is 0 Å². The number of hydrogen-bond acceptors (Lipinski definition) is 3. The molecular weight excluding hydrogens is 212 g/mol. The van der Waals surface area contributed by atoms with Crippen LogP contribution in [0, 0.1) is 6.92 Å².